The molecule has 0 radical (unpaired) electrons. The summed E-state index contributed by atoms with van der Waals surface area (Å²) in [6.07, 6.45) is 3.59. The Morgan fingerprint density at radius 3 is 2.12 bits per heavy atom. The standard InChI is InChI=1S/C20H21N3O2/c1-16-21-12-14-23(16)15-13-22-19(24)20(25,17-8-4-2-5-9-17)18-10-6-3-7-11-18/h2-12,14,25H,13,15H2,1H3,(H,22,24). The number of carbonyl (C=O) groups is 1. The highest BCUT2D eigenvalue weighted by molar-refractivity contribution is 5.90. The first kappa shape index (κ1) is 16.9. The van der Waals surface area contributed by atoms with E-state index in [-0.39, 0.29) is 0 Å². The van der Waals surface area contributed by atoms with Crippen LogP contribution in [0, 0.1) is 6.92 Å². The number of aromatic nitrogens is 2. The molecule has 1 heterocycles. The van der Waals surface area contributed by atoms with Crippen LogP contribution in [0.3, 0.4) is 0 Å². The zero-order valence-corrected chi connectivity index (χ0v) is 14.1. The van der Waals surface area contributed by atoms with Gasteiger partial charge >= 0.3 is 0 Å². The van der Waals surface area contributed by atoms with E-state index in [1.54, 1.807) is 30.5 Å². The molecule has 0 saturated heterocycles. The number of amides is 1. The van der Waals surface area contributed by atoms with Gasteiger partial charge < -0.3 is 15.0 Å². The topological polar surface area (TPSA) is 67.2 Å². The Morgan fingerprint density at radius 2 is 1.64 bits per heavy atom. The van der Waals surface area contributed by atoms with Crippen molar-refractivity contribution in [2.45, 2.75) is 19.1 Å². The fourth-order valence-electron chi connectivity index (χ4n) is 2.85. The average Bonchev–Trinajstić information content (AvgIpc) is 3.07. The number of aryl methyl sites for hydroxylation is 1. The monoisotopic (exact) mass is 335 g/mol. The Bertz CT molecular complexity index is 789. The molecular formula is C20H21N3O2. The van der Waals surface area contributed by atoms with Crippen molar-refractivity contribution >= 4 is 5.91 Å². The van der Waals surface area contributed by atoms with Gasteiger partial charge in [0.25, 0.3) is 5.91 Å². The maximum atomic E-state index is 12.9. The second kappa shape index (κ2) is 7.32. The lowest BCUT2D eigenvalue weighted by Gasteiger charge is -2.28. The van der Waals surface area contributed by atoms with E-state index >= 15 is 0 Å². The summed E-state index contributed by atoms with van der Waals surface area (Å²) in [5, 5.41) is 14.2. The minimum Gasteiger partial charge on any atom is -0.372 e. The van der Waals surface area contributed by atoms with E-state index in [9.17, 15) is 9.90 Å². The number of aliphatic hydroxyl groups is 1. The highest BCUT2D eigenvalue weighted by atomic mass is 16.3. The first-order valence-electron chi connectivity index (χ1n) is 8.22. The maximum Gasteiger partial charge on any atom is 0.261 e. The zero-order valence-electron chi connectivity index (χ0n) is 14.1. The molecule has 2 aromatic carbocycles. The Hall–Kier alpha value is -2.92. The molecule has 0 spiro atoms. The smallest absolute Gasteiger partial charge is 0.261 e. The molecule has 3 rings (SSSR count). The molecule has 0 fully saturated rings. The van der Waals surface area contributed by atoms with Crippen LogP contribution in [-0.4, -0.2) is 27.1 Å². The predicted molar refractivity (Wildman–Crippen MR) is 95.9 cm³/mol. The van der Waals surface area contributed by atoms with Gasteiger partial charge in [-0.1, -0.05) is 60.7 Å². The van der Waals surface area contributed by atoms with Crippen LogP contribution in [0.15, 0.2) is 73.1 Å². The summed E-state index contributed by atoms with van der Waals surface area (Å²) in [5.74, 6) is 0.443. The maximum absolute atomic E-state index is 12.9. The number of carbonyl (C=O) groups excluding carboxylic acids is 1. The molecule has 0 aliphatic rings. The normalized spacial score (nSPS) is 11.3. The number of imidazole rings is 1. The molecule has 5 heteroatoms. The second-order valence-electron chi connectivity index (χ2n) is 5.87. The molecule has 1 amide bonds. The highest BCUT2D eigenvalue weighted by Gasteiger charge is 2.39. The minimum absolute atomic E-state index is 0.401. The number of rotatable bonds is 6. The summed E-state index contributed by atoms with van der Waals surface area (Å²) in [6.45, 7) is 2.90. The van der Waals surface area contributed by atoms with E-state index in [0.29, 0.717) is 24.2 Å². The van der Waals surface area contributed by atoms with Gasteiger partial charge in [0.2, 0.25) is 0 Å². The molecule has 0 unspecified atom stereocenters. The van der Waals surface area contributed by atoms with Gasteiger partial charge in [-0.2, -0.15) is 0 Å². The molecule has 5 nitrogen and oxygen atoms in total. The summed E-state index contributed by atoms with van der Waals surface area (Å²) in [5.41, 5.74) is -0.651. The molecular weight excluding hydrogens is 314 g/mol. The molecule has 25 heavy (non-hydrogen) atoms. The summed E-state index contributed by atoms with van der Waals surface area (Å²) >= 11 is 0. The third kappa shape index (κ3) is 3.46. The Labute approximate surface area is 147 Å². The average molecular weight is 335 g/mol. The zero-order chi connectivity index (χ0) is 17.7. The SMILES string of the molecule is Cc1nccn1CCNC(=O)C(O)(c1ccccc1)c1ccccc1. The third-order valence-electron chi connectivity index (χ3n) is 4.27. The molecule has 0 atom stereocenters. The molecule has 0 bridgehead atoms. The first-order chi connectivity index (χ1) is 12.1. The van der Waals surface area contributed by atoms with Gasteiger partial charge in [0.05, 0.1) is 0 Å². The molecule has 3 aromatic rings. The summed E-state index contributed by atoms with van der Waals surface area (Å²) in [6, 6.07) is 18.0. The quantitative estimate of drug-likeness (QED) is 0.726. The van der Waals surface area contributed by atoms with Crippen LogP contribution in [0.25, 0.3) is 0 Å². The molecule has 0 aliphatic carbocycles. The van der Waals surface area contributed by atoms with Crippen LogP contribution in [-0.2, 0) is 16.9 Å². The van der Waals surface area contributed by atoms with E-state index in [4.69, 9.17) is 0 Å². The fraction of sp³-hybridized carbons (Fsp3) is 0.200. The fourth-order valence-corrected chi connectivity index (χ4v) is 2.85. The van der Waals surface area contributed by atoms with Crippen LogP contribution < -0.4 is 5.32 Å². The number of benzene rings is 2. The lowest BCUT2D eigenvalue weighted by molar-refractivity contribution is -0.136. The van der Waals surface area contributed by atoms with E-state index in [0.717, 1.165) is 5.82 Å². The lowest BCUT2D eigenvalue weighted by atomic mass is 9.85. The van der Waals surface area contributed by atoms with Gasteiger partial charge in [-0.25, -0.2) is 4.98 Å². The number of nitrogens with one attached hydrogen (secondary N) is 1. The van der Waals surface area contributed by atoms with Crippen LogP contribution >= 0.6 is 0 Å². The summed E-state index contributed by atoms with van der Waals surface area (Å²) < 4.78 is 1.95. The molecule has 0 aliphatic heterocycles. The predicted octanol–water partition coefficient (Wildman–Crippen LogP) is 2.24. The minimum atomic E-state index is -1.73. The van der Waals surface area contributed by atoms with Crippen molar-refractivity contribution in [3.05, 3.63) is 90.0 Å². The van der Waals surface area contributed by atoms with Crippen molar-refractivity contribution < 1.29 is 9.90 Å². The van der Waals surface area contributed by atoms with Crippen molar-refractivity contribution in [2.24, 2.45) is 0 Å². The van der Waals surface area contributed by atoms with E-state index in [2.05, 4.69) is 10.3 Å². The lowest BCUT2D eigenvalue weighted by Crippen LogP contribution is -2.46. The molecule has 128 valence electrons. The van der Waals surface area contributed by atoms with Crippen LogP contribution in [0.5, 0.6) is 0 Å². The second-order valence-corrected chi connectivity index (χ2v) is 5.87. The Kier molecular flexibility index (Phi) is 4.95. The third-order valence-corrected chi connectivity index (χ3v) is 4.27. The van der Waals surface area contributed by atoms with Crippen LogP contribution in [0.2, 0.25) is 0 Å². The van der Waals surface area contributed by atoms with Gasteiger partial charge in [-0.15, -0.1) is 0 Å². The van der Waals surface area contributed by atoms with E-state index in [1.807, 2.05) is 54.1 Å². The van der Waals surface area contributed by atoms with Crippen LogP contribution in [0.1, 0.15) is 17.0 Å². The van der Waals surface area contributed by atoms with Crippen molar-refractivity contribution in [3.63, 3.8) is 0 Å². The summed E-state index contributed by atoms with van der Waals surface area (Å²) in [4.78, 5) is 17.1. The Balaban J connectivity index is 1.82. The van der Waals surface area contributed by atoms with Gasteiger partial charge in [0.1, 0.15) is 5.82 Å². The molecule has 0 saturated carbocycles. The van der Waals surface area contributed by atoms with E-state index in [1.165, 1.54) is 0 Å². The molecule has 1 aromatic heterocycles. The van der Waals surface area contributed by atoms with Gasteiger partial charge in [-0.05, 0) is 18.1 Å². The highest BCUT2D eigenvalue weighted by Crippen LogP contribution is 2.29. The van der Waals surface area contributed by atoms with Gasteiger partial charge in [0.15, 0.2) is 5.60 Å². The van der Waals surface area contributed by atoms with E-state index < -0.39 is 11.5 Å². The van der Waals surface area contributed by atoms with Crippen molar-refractivity contribution in [2.75, 3.05) is 6.54 Å². The van der Waals surface area contributed by atoms with Gasteiger partial charge in [0, 0.05) is 25.5 Å². The number of hydrogen-bond acceptors (Lipinski definition) is 3. The van der Waals surface area contributed by atoms with Crippen molar-refractivity contribution in [1.82, 2.24) is 14.9 Å². The Morgan fingerprint density at radius 1 is 1.08 bits per heavy atom. The first-order valence-corrected chi connectivity index (χ1v) is 8.22. The summed E-state index contributed by atoms with van der Waals surface area (Å²) in [7, 11) is 0. The van der Waals surface area contributed by atoms with Crippen molar-refractivity contribution in [3.8, 4) is 0 Å². The number of hydrogen-bond donors (Lipinski definition) is 2. The van der Waals surface area contributed by atoms with Gasteiger partial charge in [-0.3, -0.25) is 4.79 Å². The van der Waals surface area contributed by atoms with Crippen LogP contribution in [0.4, 0.5) is 0 Å². The molecule has 2 N–H and O–H groups in total. The largest absolute Gasteiger partial charge is 0.372 e. The van der Waals surface area contributed by atoms with Crippen molar-refractivity contribution in [1.29, 1.82) is 0 Å². The number of nitrogens with zero attached hydrogens (tertiary/aromatic N) is 2.